The normalized spacial score (nSPS) is 10.8. The van der Waals surface area contributed by atoms with Crippen molar-refractivity contribution in [2.75, 3.05) is 19.8 Å². The molecule has 11 heteroatoms. The SMILES string of the molecule is Cc1nc2nc(Oc3cccc(C(=O)N(C)C)c3)nc(Oc3cc(C(=N)N)ccc3N)c2[nH]1. The molecule has 0 radical (unpaired) electrons. The topological polar surface area (TPSA) is 169 Å². The van der Waals surface area contributed by atoms with E-state index < -0.39 is 0 Å². The van der Waals surface area contributed by atoms with Crippen molar-refractivity contribution >= 4 is 28.6 Å². The zero-order valence-electron chi connectivity index (χ0n) is 18.2. The number of nitrogen functional groups attached to an aromatic ring is 2. The second-order valence-corrected chi connectivity index (χ2v) is 7.43. The van der Waals surface area contributed by atoms with Gasteiger partial charge >= 0.3 is 6.01 Å². The summed E-state index contributed by atoms with van der Waals surface area (Å²) in [5.41, 5.74) is 13.6. The third-order valence-corrected chi connectivity index (χ3v) is 4.64. The van der Waals surface area contributed by atoms with E-state index in [1.54, 1.807) is 63.5 Å². The monoisotopic (exact) mass is 446 g/mol. The van der Waals surface area contributed by atoms with E-state index in [1.165, 1.54) is 4.90 Å². The van der Waals surface area contributed by atoms with Gasteiger partial charge in [-0.3, -0.25) is 10.2 Å². The average molecular weight is 446 g/mol. The van der Waals surface area contributed by atoms with E-state index in [2.05, 4.69) is 19.9 Å². The van der Waals surface area contributed by atoms with Crippen LogP contribution in [0.15, 0.2) is 42.5 Å². The summed E-state index contributed by atoms with van der Waals surface area (Å²) in [4.78, 5) is 29.8. The predicted octanol–water partition coefficient (Wildman–Crippen LogP) is 2.81. The van der Waals surface area contributed by atoms with Crippen LogP contribution in [0.4, 0.5) is 5.69 Å². The standard InChI is InChI=1S/C22H22N8O3/c1-11-26-17-19(27-11)28-22(32-14-6-4-5-13(9-14)21(31)30(2)3)29-20(17)33-16-10-12(18(24)25)7-8-15(16)23/h4-10H,23H2,1-3H3,(H3,24,25)(H,26,27,28,29). The van der Waals surface area contributed by atoms with Crippen LogP contribution in [0.1, 0.15) is 21.7 Å². The molecule has 0 spiro atoms. The number of nitrogens with two attached hydrogens (primary N) is 2. The number of fused-ring (bicyclic) bond motifs is 1. The molecule has 2 heterocycles. The third kappa shape index (κ3) is 4.51. The first kappa shape index (κ1) is 21.6. The van der Waals surface area contributed by atoms with Gasteiger partial charge in [-0.15, -0.1) is 0 Å². The summed E-state index contributed by atoms with van der Waals surface area (Å²) < 4.78 is 11.8. The van der Waals surface area contributed by atoms with Crippen LogP contribution >= 0.6 is 0 Å². The first-order valence-corrected chi connectivity index (χ1v) is 9.87. The van der Waals surface area contributed by atoms with Gasteiger partial charge < -0.3 is 30.8 Å². The van der Waals surface area contributed by atoms with E-state index in [0.29, 0.717) is 39.6 Å². The number of nitrogens with zero attached hydrogens (tertiary/aromatic N) is 4. The summed E-state index contributed by atoms with van der Waals surface area (Å²) in [6.07, 6.45) is 0. The van der Waals surface area contributed by atoms with Gasteiger partial charge in [0.05, 0.1) is 5.69 Å². The van der Waals surface area contributed by atoms with Crippen LogP contribution in [-0.4, -0.2) is 50.7 Å². The van der Waals surface area contributed by atoms with Gasteiger partial charge in [-0.2, -0.15) is 9.97 Å². The minimum absolute atomic E-state index is 0.0280. The predicted molar refractivity (Wildman–Crippen MR) is 123 cm³/mol. The lowest BCUT2D eigenvalue weighted by Gasteiger charge is -2.12. The van der Waals surface area contributed by atoms with Gasteiger partial charge in [0.1, 0.15) is 22.9 Å². The van der Waals surface area contributed by atoms with Crippen molar-refractivity contribution in [1.82, 2.24) is 24.8 Å². The lowest BCUT2D eigenvalue weighted by atomic mass is 10.2. The maximum Gasteiger partial charge on any atom is 0.327 e. The van der Waals surface area contributed by atoms with Crippen molar-refractivity contribution in [3.8, 4) is 23.4 Å². The lowest BCUT2D eigenvalue weighted by molar-refractivity contribution is 0.0827. The van der Waals surface area contributed by atoms with Gasteiger partial charge in [-0.05, 0) is 43.3 Å². The van der Waals surface area contributed by atoms with Crippen molar-refractivity contribution in [1.29, 1.82) is 5.41 Å². The number of H-pyrrole nitrogens is 1. The molecular weight excluding hydrogens is 424 g/mol. The molecule has 0 unspecified atom stereocenters. The molecule has 0 atom stereocenters. The number of imidazole rings is 1. The molecule has 0 aliphatic heterocycles. The van der Waals surface area contributed by atoms with Crippen molar-refractivity contribution in [3.05, 3.63) is 59.4 Å². The van der Waals surface area contributed by atoms with E-state index in [0.717, 1.165) is 0 Å². The number of carbonyl (C=O) groups is 1. The Balaban J connectivity index is 1.73. The molecule has 6 N–H and O–H groups in total. The molecule has 0 aliphatic carbocycles. The van der Waals surface area contributed by atoms with Crippen LogP contribution in [0.5, 0.6) is 23.4 Å². The molecule has 168 valence electrons. The molecule has 0 bridgehead atoms. The highest BCUT2D eigenvalue weighted by Crippen LogP contribution is 2.33. The third-order valence-electron chi connectivity index (χ3n) is 4.64. The number of hydrogen-bond acceptors (Lipinski definition) is 8. The number of amides is 1. The van der Waals surface area contributed by atoms with Crippen LogP contribution in [0.25, 0.3) is 11.2 Å². The molecule has 0 saturated heterocycles. The smallest absolute Gasteiger partial charge is 0.327 e. The Kier molecular flexibility index (Phi) is 5.53. The number of ether oxygens (including phenoxy) is 2. The zero-order chi connectivity index (χ0) is 23.7. The van der Waals surface area contributed by atoms with E-state index in [1.807, 2.05) is 0 Å². The number of nitrogens with one attached hydrogen (secondary N) is 2. The summed E-state index contributed by atoms with van der Waals surface area (Å²) in [5, 5.41) is 7.64. The van der Waals surface area contributed by atoms with Crippen molar-refractivity contribution in [2.45, 2.75) is 6.92 Å². The summed E-state index contributed by atoms with van der Waals surface area (Å²) >= 11 is 0. The number of amidine groups is 1. The fourth-order valence-corrected chi connectivity index (χ4v) is 3.04. The van der Waals surface area contributed by atoms with Gasteiger partial charge in [0.2, 0.25) is 0 Å². The van der Waals surface area contributed by atoms with Gasteiger partial charge in [0, 0.05) is 25.2 Å². The summed E-state index contributed by atoms with van der Waals surface area (Å²) in [6.45, 7) is 1.77. The lowest BCUT2D eigenvalue weighted by Crippen LogP contribution is -2.21. The quantitative estimate of drug-likeness (QED) is 0.199. The Morgan fingerprint density at radius 1 is 1.06 bits per heavy atom. The second kappa shape index (κ2) is 8.46. The number of aryl methyl sites for hydroxylation is 1. The minimum atomic E-state index is -0.162. The molecule has 0 saturated carbocycles. The largest absolute Gasteiger partial charge is 0.435 e. The number of aromatic nitrogens is 4. The Morgan fingerprint density at radius 2 is 1.85 bits per heavy atom. The van der Waals surface area contributed by atoms with Crippen molar-refractivity contribution < 1.29 is 14.3 Å². The molecular formula is C22H22N8O3. The van der Waals surface area contributed by atoms with Crippen LogP contribution in [0, 0.1) is 12.3 Å². The molecule has 2 aromatic heterocycles. The maximum atomic E-state index is 12.3. The number of benzene rings is 2. The first-order valence-electron chi connectivity index (χ1n) is 9.87. The average Bonchev–Trinajstić information content (AvgIpc) is 3.15. The minimum Gasteiger partial charge on any atom is -0.435 e. The molecule has 2 aromatic carbocycles. The molecule has 1 amide bonds. The molecule has 33 heavy (non-hydrogen) atoms. The van der Waals surface area contributed by atoms with Crippen molar-refractivity contribution in [3.63, 3.8) is 0 Å². The maximum absolute atomic E-state index is 12.3. The molecule has 0 fully saturated rings. The first-order chi connectivity index (χ1) is 15.7. The van der Waals surface area contributed by atoms with E-state index >= 15 is 0 Å². The fraction of sp³-hybridized carbons (Fsp3) is 0.136. The van der Waals surface area contributed by atoms with E-state index in [9.17, 15) is 4.79 Å². The Hall–Kier alpha value is -4.67. The van der Waals surface area contributed by atoms with Crippen molar-refractivity contribution in [2.24, 2.45) is 5.73 Å². The molecule has 4 rings (SSSR count). The van der Waals surface area contributed by atoms with Gasteiger partial charge in [-0.25, -0.2) is 4.98 Å². The van der Waals surface area contributed by atoms with Crippen LogP contribution in [0.2, 0.25) is 0 Å². The molecule has 0 aliphatic rings. The number of anilines is 1. The number of hydrogen-bond donors (Lipinski definition) is 4. The molecule has 11 nitrogen and oxygen atoms in total. The number of aromatic amines is 1. The van der Waals surface area contributed by atoms with E-state index in [4.69, 9.17) is 26.4 Å². The highest BCUT2D eigenvalue weighted by atomic mass is 16.5. The summed E-state index contributed by atoms with van der Waals surface area (Å²) in [7, 11) is 3.34. The Morgan fingerprint density at radius 3 is 2.58 bits per heavy atom. The van der Waals surface area contributed by atoms with Gasteiger partial charge in [-0.1, -0.05) is 6.07 Å². The second-order valence-electron chi connectivity index (χ2n) is 7.43. The van der Waals surface area contributed by atoms with Crippen LogP contribution in [0.3, 0.4) is 0 Å². The zero-order valence-corrected chi connectivity index (χ0v) is 18.2. The Labute approximate surface area is 188 Å². The highest BCUT2D eigenvalue weighted by molar-refractivity contribution is 5.96. The Bertz CT molecular complexity index is 1380. The van der Waals surface area contributed by atoms with Crippen LogP contribution < -0.4 is 20.9 Å². The van der Waals surface area contributed by atoms with E-state index in [-0.39, 0.29) is 29.4 Å². The summed E-state index contributed by atoms with van der Waals surface area (Å²) in [5.74, 6) is 1.08. The number of rotatable bonds is 6. The fourth-order valence-electron chi connectivity index (χ4n) is 3.04. The number of carbonyl (C=O) groups excluding carboxylic acids is 1. The van der Waals surface area contributed by atoms with Crippen LogP contribution in [-0.2, 0) is 0 Å². The molecule has 4 aromatic rings. The summed E-state index contributed by atoms with van der Waals surface area (Å²) in [6, 6.07) is 11.4. The highest BCUT2D eigenvalue weighted by Gasteiger charge is 2.17. The van der Waals surface area contributed by atoms with Gasteiger partial charge in [0.25, 0.3) is 11.8 Å². The van der Waals surface area contributed by atoms with Gasteiger partial charge in [0.15, 0.2) is 11.4 Å².